The molecule has 0 aromatic carbocycles. The summed E-state index contributed by atoms with van der Waals surface area (Å²) in [6.07, 6.45) is 3.33. The van der Waals surface area contributed by atoms with Crippen LogP contribution in [0.25, 0.3) is 0 Å². The number of rotatable bonds is 2. The highest BCUT2D eigenvalue weighted by Gasteiger charge is 2.32. The van der Waals surface area contributed by atoms with Crippen LogP contribution >= 0.6 is 12.4 Å². The second kappa shape index (κ2) is 5.87. The van der Waals surface area contributed by atoms with E-state index in [9.17, 15) is 4.79 Å². The molecule has 0 aromatic heterocycles. The summed E-state index contributed by atoms with van der Waals surface area (Å²) in [6, 6.07) is 0.0501. The molecule has 1 amide bonds. The molecular formula is C12H25ClN2O. The van der Waals surface area contributed by atoms with E-state index in [0.717, 1.165) is 25.8 Å². The number of hydrogen-bond acceptors (Lipinski definition) is 2. The van der Waals surface area contributed by atoms with Gasteiger partial charge >= 0.3 is 0 Å². The smallest absolute Gasteiger partial charge is 0.239 e. The molecule has 2 atom stereocenters. The fourth-order valence-electron chi connectivity index (χ4n) is 2.31. The average Bonchev–Trinajstić information content (AvgIpc) is 2.47. The van der Waals surface area contributed by atoms with Crippen molar-refractivity contribution >= 4 is 18.3 Å². The number of halogens is 1. The SMILES string of the molecule is CC(N)C(=O)N1CCCC1CC(C)(C)C.Cl. The van der Waals surface area contributed by atoms with Crippen LogP contribution in [0.4, 0.5) is 0 Å². The summed E-state index contributed by atoms with van der Waals surface area (Å²) in [5.41, 5.74) is 5.93. The van der Waals surface area contributed by atoms with Crippen molar-refractivity contribution in [3.05, 3.63) is 0 Å². The Balaban J connectivity index is 0.00000225. The van der Waals surface area contributed by atoms with Crippen molar-refractivity contribution in [1.82, 2.24) is 4.90 Å². The van der Waals surface area contributed by atoms with Crippen molar-refractivity contribution in [3.63, 3.8) is 0 Å². The monoisotopic (exact) mass is 248 g/mol. The third-order valence-corrected chi connectivity index (χ3v) is 2.90. The Hall–Kier alpha value is -0.280. The van der Waals surface area contributed by atoms with Crippen molar-refractivity contribution in [1.29, 1.82) is 0 Å². The quantitative estimate of drug-likeness (QED) is 0.814. The van der Waals surface area contributed by atoms with Gasteiger partial charge in [0.2, 0.25) is 5.91 Å². The molecule has 1 rings (SSSR count). The molecular weight excluding hydrogens is 224 g/mol. The summed E-state index contributed by atoms with van der Waals surface area (Å²) < 4.78 is 0. The number of carbonyl (C=O) groups is 1. The Labute approximate surface area is 105 Å². The Morgan fingerprint density at radius 2 is 2.06 bits per heavy atom. The zero-order valence-electron chi connectivity index (χ0n) is 10.8. The summed E-state index contributed by atoms with van der Waals surface area (Å²) in [5, 5.41) is 0. The molecule has 1 heterocycles. The van der Waals surface area contributed by atoms with Crippen LogP contribution in [0.15, 0.2) is 0 Å². The molecule has 0 bridgehead atoms. The summed E-state index contributed by atoms with van der Waals surface area (Å²) in [4.78, 5) is 13.8. The number of likely N-dealkylation sites (tertiary alicyclic amines) is 1. The highest BCUT2D eigenvalue weighted by atomic mass is 35.5. The maximum atomic E-state index is 11.8. The Morgan fingerprint density at radius 3 is 2.50 bits per heavy atom. The lowest BCUT2D eigenvalue weighted by molar-refractivity contribution is -0.133. The highest BCUT2D eigenvalue weighted by Crippen LogP contribution is 2.29. The first-order valence-corrected chi connectivity index (χ1v) is 5.87. The van der Waals surface area contributed by atoms with Crippen LogP contribution in [-0.4, -0.2) is 29.4 Å². The first kappa shape index (κ1) is 15.7. The van der Waals surface area contributed by atoms with Crippen LogP contribution in [-0.2, 0) is 4.79 Å². The van der Waals surface area contributed by atoms with Crippen molar-refractivity contribution in [2.24, 2.45) is 11.1 Å². The van der Waals surface area contributed by atoms with E-state index in [1.807, 2.05) is 4.90 Å². The minimum absolute atomic E-state index is 0. The van der Waals surface area contributed by atoms with Gasteiger partial charge in [0.25, 0.3) is 0 Å². The molecule has 4 heteroatoms. The zero-order chi connectivity index (χ0) is 11.6. The van der Waals surface area contributed by atoms with Crippen molar-refractivity contribution in [2.45, 2.75) is 59.0 Å². The minimum Gasteiger partial charge on any atom is -0.338 e. The van der Waals surface area contributed by atoms with Gasteiger partial charge in [0.15, 0.2) is 0 Å². The molecule has 0 radical (unpaired) electrons. The molecule has 1 aliphatic rings. The van der Waals surface area contributed by atoms with Crippen LogP contribution in [0.5, 0.6) is 0 Å². The lowest BCUT2D eigenvalue weighted by atomic mass is 9.87. The van der Waals surface area contributed by atoms with Gasteiger partial charge in [-0.3, -0.25) is 4.79 Å². The van der Waals surface area contributed by atoms with Gasteiger partial charge in [-0.05, 0) is 31.6 Å². The van der Waals surface area contributed by atoms with Gasteiger partial charge in [0, 0.05) is 12.6 Å². The summed E-state index contributed by atoms with van der Waals surface area (Å²) in [6.45, 7) is 9.33. The Morgan fingerprint density at radius 1 is 1.50 bits per heavy atom. The van der Waals surface area contributed by atoms with Crippen LogP contribution in [0.2, 0.25) is 0 Å². The summed E-state index contributed by atoms with van der Waals surface area (Å²) in [5.74, 6) is 0.113. The molecule has 96 valence electrons. The molecule has 0 saturated carbocycles. The molecule has 16 heavy (non-hydrogen) atoms. The lowest BCUT2D eigenvalue weighted by Crippen LogP contribution is -2.45. The van der Waals surface area contributed by atoms with Gasteiger partial charge in [-0.25, -0.2) is 0 Å². The lowest BCUT2D eigenvalue weighted by Gasteiger charge is -2.31. The van der Waals surface area contributed by atoms with E-state index in [1.54, 1.807) is 6.92 Å². The van der Waals surface area contributed by atoms with Gasteiger partial charge in [-0.15, -0.1) is 12.4 Å². The van der Waals surface area contributed by atoms with Crippen molar-refractivity contribution in [2.75, 3.05) is 6.54 Å². The molecule has 0 aliphatic carbocycles. The third-order valence-electron chi connectivity index (χ3n) is 2.90. The largest absolute Gasteiger partial charge is 0.338 e. The van der Waals surface area contributed by atoms with Crippen molar-refractivity contribution in [3.8, 4) is 0 Å². The maximum absolute atomic E-state index is 11.8. The van der Waals surface area contributed by atoms with Crippen LogP contribution < -0.4 is 5.73 Å². The molecule has 1 fully saturated rings. The molecule has 2 N–H and O–H groups in total. The van der Waals surface area contributed by atoms with E-state index >= 15 is 0 Å². The molecule has 0 spiro atoms. The predicted octanol–water partition coefficient (Wildman–Crippen LogP) is 2.18. The zero-order valence-corrected chi connectivity index (χ0v) is 11.6. The number of nitrogens with two attached hydrogens (primary N) is 1. The molecule has 1 saturated heterocycles. The van der Waals surface area contributed by atoms with E-state index in [0.29, 0.717) is 6.04 Å². The van der Waals surface area contributed by atoms with Gasteiger partial charge in [0.05, 0.1) is 6.04 Å². The standard InChI is InChI=1S/C12H24N2O.ClH/c1-9(13)11(15)14-7-5-6-10(14)8-12(2,3)4;/h9-10H,5-8,13H2,1-4H3;1H. The van der Waals surface area contributed by atoms with E-state index in [2.05, 4.69) is 20.8 Å². The Bertz CT molecular complexity index is 236. The topological polar surface area (TPSA) is 46.3 Å². The molecule has 1 aliphatic heterocycles. The first-order valence-electron chi connectivity index (χ1n) is 5.87. The maximum Gasteiger partial charge on any atom is 0.239 e. The normalized spacial score (nSPS) is 22.8. The summed E-state index contributed by atoms with van der Waals surface area (Å²) in [7, 11) is 0. The molecule has 2 unspecified atom stereocenters. The molecule has 0 aromatic rings. The first-order chi connectivity index (χ1) is 6.81. The number of carbonyl (C=O) groups excluding carboxylic acids is 1. The number of hydrogen-bond donors (Lipinski definition) is 1. The van der Waals surface area contributed by atoms with Crippen LogP contribution in [0, 0.1) is 5.41 Å². The number of nitrogens with zero attached hydrogens (tertiary/aromatic N) is 1. The van der Waals surface area contributed by atoms with Crippen LogP contribution in [0.1, 0.15) is 47.0 Å². The Kier molecular flexibility index (Phi) is 5.77. The average molecular weight is 249 g/mol. The van der Waals surface area contributed by atoms with Gasteiger partial charge in [-0.1, -0.05) is 20.8 Å². The van der Waals surface area contributed by atoms with E-state index < -0.39 is 0 Å². The summed E-state index contributed by atoms with van der Waals surface area (Å²) >= 11 is 0. The van der Waals surface area contributed by atoms with Gasteiger partial charge in [0.1, 0.15) is 0 Å². The van der Waals surface area contributed by atoms with E-state index in [1.165, 1.54) is 0 Å². The second-order valence-electron chi connectivity index (χ2n) is 5.88. The fraction of sp³-hybridized carbons (Fsp3) is 0.917. The number of amides is 1. The molecule has 3 nitrogen and oxygen atoms in total. The fourth-order valence-corrected chi connectivity index (χ4v) is 2.31. The highest BCUT2D eigenvalue weighted by molar-refractivity contribution is 5.85. The van der Waals surface area contributed by atoms with E-state index in [4.69, 9.17) is 5.73 Å². The minimum atomic E-state index is -0.356. The van der Waals surface area contributed by atoms with Crippen molar-refractivity contribution < 1.29 is 4.79 Å². The van der Waals surface area contributed by atoms with Crippen LogP contribution in [0.3, 0.4) is 0 Å². The third kappa shape index (κ3) is 4.30. The predicted molar refractivity (Wildman–Crippen MR) is 69.7 cm³/mol. The second-order valence-corrected chi connectivity index (χ2v) is 5.88. The van der Waals surface area contributed by atoms with E-state index in [-0.39, 0.29) is 29.8 Å². The van der Waals surface area contributed by atoms with Gasteiger partial charge in [-0.2, -0.15) is 0 Å². The van der Waals surface area contributed by atoms with Gasteiger partial charge < -0.3 is 10.6 Å².